The van der Waals surface area contributed by atoms with Crippen molar-refractivity contribution < 1.29 is 14.3 Å². The molecule has 4 nitrogen and oxygen atoms in total. The summed E-state index contributed by atoms with van der Waals surface area (Å²) in [5.74, 6) is 0.126. The first-order chi connectivity index (χ1) is 13.0. The van der Waals surface area contributed by atoms with Gasteiger partial charge in [0.05, 0.1) is 6.10 Å². The minimum atomic E-state index is -0.378. The molecule has 1 unspecified atom stereocenters. The fraction of sp³-hybridized carbons (Fsp3) is 0.682. The Morgan fingerprint density at radius 2 is 1.85 bits per heavy atom. The van der Waals surface area contributed by atoms with Gasteiger partial charge in [0, 0.05) is 19.1 Å². The highest BCUT2D eigenvalue weighted by Crippen LogP contribution is 2.41. The second kappa shape index (κ2) is 7.51. The van der Waals surface area contributed by atoms with Crippen LogP contribution in [0.25, 0.3) is 0 Å². The van der Waals surface area contributed by atoms with E-state index in [0.717, 1.165) is 70.0 Å². The summed E-state index contributed by atoms with van der Waals surface area (Å²) in [5, 5.41) is 9.81. The van der Waals surface area contributed by atoms with E-state index in [1.54, 1.807) is 6.92 Å². The van der Waals surface area contributed by atoms with Crippen molar-refractivity contribution in [3.8, 4) is 0 Å². The Morgan fingerprint density at radius 1 is 1.15 bits per heavy atom. The van der Waals surface area contributed by atoms with Crippen molar-refractivity contribution in [2.45, 2.75) is 82.5 Å². The summed E-state index contributed by atoms with van der Waals surface area (Å²) in [5.41, 5.74) is 1.37. The van der Waals surface area contributed by atoms with Gasteiger partial charge in [0.25, 0.3) is 0 Å². The number of aryl methyl sites for hydroxylation is 1. The molecule has 1 saturated carbocycles. The van der Waals surface area contributed by atoms with E-state index in [1.165, 1.54) is 6.07 Å². The predicted octanol–water partition coefficient (Wildman–Crippen LogP) is 3.39. The van der Waals surface area contributed by atoms with Crippen LogP contribution < -0.4 is 0 Å². The number of hydrogen-bond acceptors (Lipinski definition) is 3. The van der Waals surface area contributed by atoms with Crippen molar-refractivity contribution in [2.24, 2.45) is 0 Å². The van der Waals surface area contributed by atoms with Crippen LogP contribution in [-0.2, 0) is 11.3 Å². The first-order valence-electron chi connectivity index (χ1n) is 10.5. The number of aliphatic hydroxyl groups excluding tert-OH is 1. The molecule has 0 radical (unpaired) electrons. The normalized spacial score (nSPS) is 32.4. The molecule has 148 valence electrons. The number of benzene rings is 1. The average Bonchev–Trinajstić information content (AvgIpc) is 3.05. The minimum absolute atomic E-state index is 0.172. The molecular formula is C22H31FN2O2. The van der Waals surface area contributed by atoms with Gasteiger partial charge < -0.3 is 10.0 Å². The molecule has 1 amide bonds. The van der Waals surface area contributed by atoms with Crippen LogP contribution >= 0.6 is 0 Å². The highest BCUT2D eigenvalue weighted by molar-refractivity contribution is 5.87. The zero-order valence-corrected chi connectivity index (χ0v) is 16.3. The molecule has 1 spiro atoms. The van der Waals surface area contributed by atoms with Gasteiger partial charge in [0.1, 0.15) is 11.4 Å². The van der Waals surface area contributed by atoms with Gasteiger partial charge in [-0.2, -0.15) is 0 Å². The number of aliphatic hydroxyl groups is 1. The summed E-state index contributed by atoms with van der Waals surface area (Å²) in [6, 6.07) is 5.58. The van der Waals surface area contributed by atoms with Gasteiger partial charge in [-0.05, 0) is 82.0 Å². The molecule has 0 bridgehead atoms. The number of hydrogen-bond donors (Lipinski definition) is 1. The molecule has 1 aliphatic carbocycles. The number of carbonyl (C=O) groups excluding carboxylic acids is 1. The Kier molecular flexibility index (Phi) is 5.26. The van der Waals surface area contributed by atoms with Crippen molar-refractivity contribution in [2.75, 3.05) is 13.1 Å². The number of carbonyl (C=O) groups is 1. The van der Waals surface area contributed by atoms with Crippen molar-refractivity contribution >= 4 is 5.91 Å². The molecule has 1 aromatic rings. The van der Waals surface area contributed by atoms with Crippen LogP contribution in [0.15, 0.2) is 18.2 Å². The molecular weight excluding hydrogens is 343 g/mol. The molecule has 2 aliphatic heterocycles. The lowest BCUT2D eigenvalue weighted by atomic mass is 9.82. The van der Waals surface area contributed by atoms with E-state index >= 15 is 0 Å². The first-order valence-corrected chi connectivity index (χ1v) is 10.5. The number of halogens is 1. The lowest BCUT2D eigenvalue weighted by Gasteiger charge is -2.48. The summed E-state index contributed by atoms with van der Waals surface area (Å²) < 4.78 is 13.6. The lowest BCUT2D eigenvalue weighted by molar-refractivity contribution is -0.152. The topological polar surface area (TPSA) is 43.8 Å². The van der Waals surface area contributed by atoms with Crippen LogP contribution in [0, 0.1) is 12.7 Å². The molecule has 27 heavy (non-hydrogen) atoms. The number of piperidine rings is 1. The van der Waals surface area contributed by atoms with Gasteiger partial charge in [0.2, 0.25) is 5.91 Å². The molecule has 3 fully saturated rings. The zero-order valence-electron chi connectivity index (χ0n) is 16.3. The Morgan fingerprint density at radius 3 is 2.56 bits per heavy atom. The second-order valence-corrected chi connectivity index (χ2v) is 8.70. The van der Waals surface area contributed by atoms with Crippen molar-refractivity contribution in [1.29, 1.82) is 0 Å². The molecule has 3 aliphatic rings. The van der Waals surface area contributed by atoms with E-state index in [1.807, 2.05) is 12.1 Å². The molecule has 2 heterocycles. The van der Waals surface area contributed by atoms with Crippen molar-refractivity contribution in [3.05, 3.63) is 35.1 Å². The van der Waals surface area contributed by atoms with E-state index in [2.05, 4.69) is 9.80 Å². The van der Waals surface area contributed by atoms with Crippen LogP contribution in [-0.4, -0.2) is 51.6 Å². The van der Waals surface area contributed by atoms with Crippen LogP contribution in [0.3, 0.4) is 0 Å². The monoisotopic (exact) mass is 374 g/mol. The summed E-state index contributed by atoms with van der Waals surface area (Å²) in [6.07, 6.45) is 7.20. The molecule has 1 N–H and O–H groups in total. The molecule has 2 saturated heterocycles. The van der Waals surface area contributed by atoms with Gasteiger partial charge >= 0.3 is 0 Å². The minimum Gasteiger partial charge on any atom is -0.393 e. The predicted molar refractivity (Wildman–Crippen MR) is 103 cm³/mol. The number of likely N-dealkylation sites (tertiary alicyclic amines) is 2. The maximum atomic E-state index is 13.6. The summed E-state index contributed by atoms with van der Waals surface area (Å²) >= 11 is 0. The Hall–Kier alpha value is -1.46. The van der Waals surface area contributed by atoms with Crippen LogP contribution in [0.2, 0.25) is 0 Å². The van der Waals surface area contributed by atoms with Crippen LogP contribution in [0.1, 0.15) is 62.5 Å². The Labute approximate surface area is 161 Å². The first kappa shape index (κ1) is 18.9. The molecule has 4 rings (SSSR count). The number of nitrogens with zero attached hydrogens (tertiary/aromatic N) is 2. The van der Waals surface area contributed by atoms with E-state index in [9.17, 15) is 14.3 Å². The largest absolute Gasteiger partial charge is 0.393 e. The van der Waals surface area contributed by atoms with Gasteiger partial charge in [-0.3, -0.25) is 9.69 Å². The smallest absolute Gasteiger partial charge is 0.243 e. The lowest BCUT2D eigenvalue weighted by Crippen LogP contribution is -2.62. The summed E-state index contributed by atoms with van der Waals surface area (Å²) in [7, 11) is 0. The third kappa shape index (κ3) is 3.52. The van der Waals surface area contributed by atoms with Gasteiger partial charge in [-0.1, -0.05) is 12.1 Å². The molecule has 5 heteroatoms. The van der Waals surface area contributed by atoms with E-state index in [0.29, 0.717) is 18.0 Å². The average molecular weight is 375 g/mol. The van der Waals surface area contributed by atoms with Gasteiger partial charge in [0.15, 0.2) is 0 Å². The van der Waals surface area contributed by atoms with E-state index in [4.69, 9.17) is 0 Å². The quantitative estimate of drug-likeness (QED) is 0.882. The molecule has 1 atom stereocenters. The van der Waals surface area contributed by atoms with E-state index < -0.39 is 0 Å². The maximum Gasteiger partial charge on any atom is 0.243 e. The second-order valence-electron chi connectivity index (χ2n) is 8.70. The fourth-order valence-electron chi connectivity index (χ4n) is 5.45. The van der Waals surface area contributed by atoms with Gasteiger partial charge in [-0.25, -0.2) is 4.39 Å². The molecule has 0 aromatic heterocycles. The number of amides is 1. The third-order valence-corrected chi connectivity index (χ3v) is 6.97. The van der Waals surface area contributed by atoms with Crippen LogP contribution in [0.5, 0.6) is 0 Å². The van der Waals surface area contributed by atoms with Crippen molar-refractivity contribution in [3.63, 3.8) is 0 Å². The van der Waals surface area contributed by atoms with Crippen LogP contribution in [0.4, 0.5) is 4.39 Å². The highest BCUT2D eigenvalue weighted by atomic mass is 19.1. The molecule has 1 aromatic carbocycles. The maximum absolute atomic E-state index is 13.6. The number of rotatable bonds is 3. The SMILES string of the molecule is Cc1cc(CN2CCCC23CCCN(C2CCC(O)CC2)C3=O)ccc1F. The highest BCUT2D eigenvalue weighted by Gasteiger charge is 2.51. The van der Waals surface area contributed by atoms with Crippen molar-refractivity contribution in [1.82, 2.24) is 9.80 Å². The standard InChI is InChI=1S/C22H31FN2O2/c1-16-14-17(4-9-20(16)23)15-24-12-2-10-22(24)11-3-13-25(21(22)27)18-5-7-19(26)8-6-18/h4,9,14,18-19,26H,2-3,5-8,10-13,15H2,1H3. The fourth-order valence-corrected chi connectivity index (χ4v) is 5.45. The van der Waals surface area contributed by atoms with Gasteiger partial charge in [-0.15, -0.1) is 0 Å². The summed E-state index contributed by atoms with van der Waals surface area (Å²) in [6.45, 7) is 4.29. The Bertz CT molecular complexity index is 702. The third-order valence-electron chi connectivity index (χ3n) is 6.97. The Balaban J connectivity index is 1.52. The van der Waals surface area contributed by atoms with E-state index in [-0.39, 0.29) is 23.5 Å². The zero-order chi connectivity index (χ0) is 19.0. The summed E-state index contributed by atoms with van der Waals surface area (Å²) in [4.78, 5) is 18.1.